The fourth-order valence-corrected chi connectivity index (χ4v) is 6.89. The number of carbonyl (C=O) groups is 2. The largest absolute Gasteiger partial charge is 0.491 e. The maximum atomic E-state index is 14.4. The Morgan fingerprint density at radius 1 is 1.17 bits per heavy atom. The number of rotatable bonds is 8. The Bertz CT molecular complexity index is 1600. The highest BCUT2D eigenvalue weighted by Gasteiger charge is 2.60. The molecule has 226 valence electrons. The average Bonchev–Trinajstić information content (AvgIpc) is 3.73. The number of halogens is 4. The highest BCUT2D eigenvalue weighted by molar-refractivity contribution is 7.87. The van der Waals surface area contributed by atoms with Crippen LogP contribution in [0.25, 0.3) is 0 Å². The summed E-state index contributed by atoms with van der Waals surface area (Å²) in [5, 5.41) is 7.03. The predicted molar refractivity (Wildman–Crippen MR) is 139 cm³/mol. The van der Waals surface area contributed by atoms with Crippen molar-refractivity contribution in [3.63, 3.8) is 0 Å². The Kier molecular flexibility index (Phi) is 7.78. The van der Waals surface area contributed by atoms with Gasteiger partial charge >= 0.3 is 16.4 Å². The third-order valence-corrected chi connectivity index (χ3v) is 9.29. The quantitative estimate of drug-likeness (QED) is 0.382. The molecule has 5 rings (SSSR count). The zero-order chi connectivity index (χ0) is 30.4. The van der Waals surface area contributed by atoms with Crippen LogP contribution < -0.4 is 10.1 Å². The van der Waals surface area contributed by atoms with E-state index in [1.165, 1.54) is 43.5 Å². The van der Waals surface area contributed by atoms with Crippen LogP contribution in [0, 0.1) is 18.7 Å². The highest BCUT2D eigenvalue weighted by atomic mass is 32.2. The Morgan fingerprint density at radius 2 is 1.83 bits per heavy atom. The molecule has 2 aliphatic rings. The van der Waals surface area contributed by atoms with E-state index in [-0.39, 0.29) is 46.8 Å². The van der Waals surface area contributed by atoms with Gasteiger partial charge in [-0.1, -0.05) is 12.1 Å². The number of amides is 1. The van der Waals surface area contributed by atoms with Crippen molar-refractivity contribution in [2.45, 2.75) is 38.4 Å². The summed E-state index contributed by atoms with van der Waals surface area (Å²) >= 11 is 0. The summed E-state index contributed by atoms with van der Waals surface area (Å²) < 4.78 is 95.6. The molecule has 0 bridgehead atoms. The van der Waals surface area contributed by atoms with Crippen molar-refractivity contribution < 1.29 is 44.7 Å². The van der Waals surface area contributed by atoms with Gasteiger partial charge in [0.1, 0.15) is 23.2 Å². The number of benzene rings is 1. The highest BCUT2D eigenvalue weighted by Crippen LogP contribution is 2.48. The van der Waals surface area contributed by atoms with E-state index < -0.39 is 58.1 Å². The number of ether oxygens (including phenoxy) is 1. The number of nitrogens with one attached hydrogen (secondary N) is 1. The van der Waals surface area contributed by atoms with Crippen molar-refractivity contribution in [1.82, 2.24) is 18.4 Å². The molecule has 1 amide bonds. The molecule has 1 N–H and O–H groups in total. The molecule has 2 aliphatic heterocycles. The summed E-state index contributed by atoms with van der Waals surface area (Å²) in [7, 11) is -3.41. The Balaban J connectivity index is 1.62. The molecule has 16 heteroatoms. The number of nitrogens with zero attached hydrogens (tertiary/aromatic N) is 4. The molecule has 0 saturated carbocycles. The lowest BCUT2D eigenvalue weighted by Gasteiger charge is -2.23. The Morgan fingerprint density at radius 3 is 2.40 bits per heavy atom. The van der Waals surface area contributed by atoms with E-state index in [2.05, 4.69) is 10.4 Å². The van der Waals surface area contributed by atoms with Crippen LogP contribution in [0.1, 0.15) is 46.1 Å². The molecule has 3 aromatic rings. The standard InChI is InChI=1S/C26H27F4N5O6S/c1-15-18(9-12-41-15)24(36)35-23(31-13-16-5-7-17(27)8-6-16)22(40-2)21(32-35)20-19(26(28,29)30)14-34(25(20)37)42(38,39)33-10-3-4-11-33/h5-9,12,19-20,31H,3-4,10-11,13-14H2,1-2H3. The van der Waals surface area contributed by atoms with E-state index in [1.54, 1.807) is 0 Å². The third kappa shape index (κ3) is 5.24. The number of hydrogen-bond donors (Lipinski definition) is 1. The first-order chi connectivity index (χ1) is 19.8. The molecule has 4 heterocycles. The first kappa shape index (κ1) is 29.6. The summed E-state index contributed by atoms with van der Waals surface area (Å²) in [5.41, 5.74) is 0.0348. The lowest BCUT2D eigenvalue weighted by Crippen LogP contribution is -2.44. The van der Waals surface area contributed by atoms with Crippen LogP contribution in [0.5, 0.6) is 5.75 Å². The normalized spacial score (nSPS) is 20.0. The first-order valence-corrected chi connectivity index (χ1v) is 14.4. The molecule has 11 nitrogen and oxygen atoms in total. The molecule has 42 heavy (non-hydrogen) atoms. The zero-order valence-corrected chi connectivity index (χ0v) is 23.3. The summed E-state index contributed by atoms with van der Waals surface area (Å²) in [5.74, 6) is -7.53. The van der Waals surface area contributed by atoms with Crippen molar-refractivity contribution >= 4 is 27.8 Å². The Labute approximate surface area is 238 Å². The summed E-state index contributed by atoms with van der Waals surface area (Å²) in [6.45, 7) is 0.496. The van der Waals surface area contributed by atoms with Crippen LogP contribution in [0.3, 0.4) is 0 Å². The van der Waals surface area contributed by atoms with Gasteiger partial charge in [-0.3, -0.25) is 9.59 Å². The lowest BCUT2D eigenvalue weighted by atomic mass is 9.91. The topological polar surface area (TPSA) is 127 Å². The molecule has 1 aromatic carbocycles. The van der Waals surface area contributed by atoms with Gasteiger partial charge in [-0.25, -0.2) is 8.70 Å². The molecular formula is C26H27F4N5O6S. The molecular weight excluding hydrogens is 586 g/mol. The van der Waals surface area contributed by atoms with E-state index in [0.717, 1.165) is 16.1 Å². The van der Waals surface area contributed by atoms with Gasteiger partial charge in [-0.05, 0) is 43.5 Å². The molecule has 2 aromatic heterocycles. The number of aryl methyl sites for hydroxylation is 1. The van der Waals surface area contributed by atoms with Crippen LogP contribution in [-0.4, -0.2) is 71.5 Å². The average molecular weight is 614 g/mol. The minimum Gasteiger partial charge on any atom is -0.491 e. The van der Waals surface area contributed by atoms with Crippen molar-refractivity contribution in [3.8, 4) is 5.75 Å². The fourth-order valence-electron chi connectivity index (χ4n) is 5.20. The van der Waals surface area contributed by atoms with Crippen molar-refractivity contribution in [3.05, 3.63) is 65.0 Å². The molecule has 2 saturated heterocycles. The summed E-state index contributed by atoms with van der Waals surface area (Å²) in [4.78, 5) is 27.1. The van der Waals surface area contributed by atoms with E-state index >= 15 is 0 Å². The van der Waals surface area contributed by atoms with Gasteiger partial charge in [0.05, 0.1) is 31.4 Å². The molecule has 2 unspecified atom stereocenters. The number of aromatic nitrogens is 2. The first-order valence-electron chi connectivity index (χ1n) is 13.0. The molecule has 2 atom stereocenters. The zero-order valence-electron chi connectivity index (χ0n) is 22.5. The number of methoxy groups -OCH3 is 1. The SMILES string of the molecule is COc1c(C2C(=O)N(S(=O)(=O)N3CCCC3)CC2C(F)(F)F)nn(C(=O)c2ccoc2C)c1NCc1ccc(F)cc1. The number of hydrogen-bond acceptors (Lipinski definition) is 8. The van der Waals surface area contributed by atoms with E-state index in [9.17, 15) is 35.6 Å². The van der Waals surface area contributed by atoms with Crippen molar-refractivity contribution in [1.29, 1.82) is 0 Å². The molecule has 2 fully saturated rings. The second-order valence-electron chi connectivity index (χ2n) is 9.96. The smallest absolute Gasteiger partial charge is 0.394 e. The second kappa shape index (κ2) is 11.1. The van der Waals surface area contributed by atoms with E-state index in [1.807, 2.05) is 0 Å². The van der Waals surface area contributed by atoms with Crippen molar-refractivity contribution in [2.24, 2.45) is 5.92 Å². The molecule has 0 aliphatic carbocycles. The summed E-state index contributed by atoms with van der Waals surface area (Å²) in [6.07, 6.45) is -2.72. The monoisotopic (exact) mass is 613 g/mol. The van der Waals surface area contributed by atoms with Crippen LogP contribution in [0.2, 0.25) is 0 Å². The van der Waals surface area contributed by atoms with Crippen LogP contribution in [0.4, 0.5) is 23.4 Å². The Hall–Kier alpha value is -3.92. The molecule has 0 spiro atoms. The minimum absolute atomic E-state index is 0.0315. The maximum absolute atomic E-state index is 14.4. The molecule has 0 radical (unpaired) electrons. The van der Waals surface area contributed by atoms with E-state index in [0.29, 0.717) is 18.4 Å². The number of furan rings is 1. The van der Waals surface area contributed by atoms with Gasteiger partial charge in [0, 0.05) is 19.6 Å². The number of anilines is 1. The van der Waals surface area contributed by atoms with Gasteiger partial charge in [0.25, 0.3) is 5.91 Å². The van der Waals surface area contributed by atoms with Gasteiger partial charge in [0.2, 0.25) is 5.91 Å². The van der Waals surface area contributed by atoms with Gasteiger partial charge in [0.15, 0.2) is 11.6 Å². The van der Waals surface area contributed by atoms with Crippen LogP contribution >= 0.6 is 0 Å². The van der Waals surface area contributed by atoms with Crippen LogP contribution in [-0.2, 0) is 21.5 Å². The van der Waals surface area contributed by atoms with Gasteiger partial charge < -0.3 is 14.5 Å². The maximum Gasteiger partial charge on any atom is 0.394 e. The predicted octanol–water partition coefficient (Wildman–Crippen LogP) is 3.68. The second-order valence-corrected chi connectivity index (χ2v) is 11.8. The minimum atomic E-state index is -5.00. The number of alkyl halides is 3. The summed E-state index contributed by atoms with van der Waals surface area (Å²) in [6, 6.07) is 6.67. The van der Waals surface area contributed by atoms with Gasteiger partial charge in [-0.2, -0.15) is 35.7 Å². The third-order valence-electron chi connectivity index (χ3n) is 7.39. The van der Waals surface area contributed by atoms with Crippen molar-refractivity contribution in [2.75, 3.05) is 32.1 Å². The van der Waals surface area contributed by atoms with E-state index in [4.69, 9.17) is 9.15 Å². The lowest BCUT2D eigenvalue weighted by molar-refractivity contribution is -0.174. The van der Waals surface area contributed by atoms with Crippen LogP contribution in [0.15, 0.2) is 41.0 Å². The van der Waals surface area contributed by atoms with Gasteiger partial charge in [-0.15, -0.1) is 0 Å². The number of carbonyl (C=O) groups excluding carboxylic acids is 2. The fraction of sp³-hybridized carbons (Fsp3) is 0.423.